The first-order chi connectivity index (χ1) is 25.3. The number of rotatable bonds is 7. The van der Waals surface area contributed by atoms with Gasteiger partial charge < -0.3 is 4.90 Å². The Bertz CT molecular complexity index is 2600. The highest BCUT2D eigenvalue weighted by Gasteiger charge is 2.17. The Kier molecular flexibility index (Phi) is 7.92. The summed E-state index contributed by atoms with van der Waals surface area (Å²) in [5.41, 5.74) is 13.0. The second-order valence-electron chi connectivity index (χ2n) is 13.0. The van der Waals surface area contributed by atoms with Crippen LogP contribution in [0.15, 0.2) is 212 Å². The van der Waals surface area contributed by atoms with Gasteiger partial charge in [0, 0.05) is 17.1 Å². The van der Waals surface area contributed by atoms with E-state index in [1.807, 2.05) is 0 Å². The average molecular weight is 650 g/mol. The Morgan fingerprint density at radius 1 is 0.255 bits per heavy atom. The molecule has 0 aromatic heterocycles. The highest BCUT2D eigenvalue weighted by Crippen LogP contribution is 2.42. The smallest absolute Gasteiger partial charge is 0.0467 e. The molecule has 0 unspecified atom stereocenters. The van der Waals surface area contributed by atoms with E-state index in [0.29, 0.717) is 0 Å². The summed E-state index contributed by atoms with van der Waals surface area (Å²) in [4.78, 5) is 2.37. The van der Waals surface area contributed by atoms with Crippen LogP contribution in [-0.4, -0.2) is 0 Å². The van der Waals surface area contributed by atoms with Crippen LogP contribution in [0.25, 0.3) is 66.1 Å². The van der Waals surface area contributed by atoms with E-state index in [0.717, 1.165) is 17.1 Å². The van der Waals surface area contributed by atoms with Crippen LogP contribution >= 0.6 is 0 Å². The van der Waals surface area contributed by atoms with Gasteiger partial charge in [-0.15, -0.1) is 0 Å². The van der Waals surface area contributed by atoms with Crippen molar-refractivity contribution in [2.75, 3.05) is 4.90 Å². The van der Waals surface area contributed by atoms with Crippen LogP contribution in [0, 0.1) is 0 Å². The van der Waals surface area contributed by atoms with Crippen molar-refractivity contribution < 1.29 is 0 Å². The van der Waals surface area contributed by atoms with Crippen LogP contribution < -0.4 is 4.90 Å². The largest absolute Gasteiger partial charge is 0.310 e. The topological polar surface area (TPSA) is 3.24 Å². The van der Waals surface area contributed by atoms with Gasteiger partial charge >= 0.3 is 0 Å². The molecular weight excluding hydrogens is 615 g/mol. The fourth-order valence-electron chi connectivity index (χ4n) is 7.29. The molecule has 0 spiro atoms. The lowest BCUT2D eigenvalue weighted by Crippen LogP contribution is -2.10. The molecule has 0 N–H and O–H groups in total. The Hall–Kier alpha value is -6.70. The van der Waals surface area contributed by atoms with Crippen molar-refractivity contribution in [2.24, 2.45) is 0 Å². The molecule has 0 saturated heterocycles. The Morgan fingerprint density at radius 2 is 0.765 bits per heavy atom. The third-order valence-corrected chi connectivity index (χ3v) is 9.85. The number of hydrogen-bond donors (Lipinski definition) is 0. The molecule has 0 aliphatic rings. The molecule has 0 amide bonds. The van der Waals surface area contributed by atoms with Crippen LogP contribution in [0.5, 0.6) is 0 Å². The summed E-state index contributed by atoms with van der Waals surface area (Å²) in [6.45, 7) is 0. The highest BCUT2D eigenvalue weighted by atomic mass is 15.1. The van der Waals surface area contributed by atoms with Gasteiger partial charge in [-0.25, -0.2) is 0 Å². The van der Waals surface area contributed by atoms with E-state index >= 15 is 0 Å². The van der Waals surface area contributed by atoms with E-state index in [4.69, 9.17) is 0 Å². The van der Waals surface area contributed by atoms with Gasteiger partial charge in [-0.1, -0.05) is 170 Å². The van der Waals surface area contributed by atoms with Gasteiger partial charge in [0.25, 0.3) is 0 Å². The predicted octanol–water partition coefficient (Wildman–Crippen LogP) is 14.1. The molecule has 0 fully saturated rings. The van der Waals surface area contributed by atoms with Crippen LogP contribution in [0.3, 0.4) is 0 Å². The molecule has 9 aromatic carbocycles. The lowest BCUT2D eigenvalue weighted by atomic mass is 9.89. The standard InChI is InChI=1S/C50H35N/c1-3-12-36(13-4-1)38-24-29-45(30-25-38)51(47-20-11-19-43(35-47)44-23-22-37-14-7-8-18-42(37)34-44)46-31-26-41(27-32-46)50-48-21-10-9-17-40(48)28-33-49(50)39-15-5-2-6-16-39/h1-35H. The van der Waals surface area contributed by atoms with E-state index in [9.17, 15) is 0 Å². The van der Waals surface area contributed by atoms with Crippen molar-refractivity contribution in [2.45, 2.75) is 0 Å². The first-order valence-corrected chi connectivity index (χ1v) is 17.5. The third kappa shape index (κ3) is 5.96. The molecule has 0 saturated carbocycles. The molecule has 9 rings (SSSR count). The Labute approximate surface area is 299 Å². The maximum Gasteiger partial charge on any atom is 0.0467 e. The molecule has 0 aliphatic carbocycles. The number of anilines is 3. The number of benzene rings is 9. The number of hydrogen-bond acceptors (Lipinski definition) is 1. The van der Waals surface area contributed by atoms with Crippen molar-refractivity contribution in [3.8, 4) is 44.5 Å². The van der Waals surface area contributed by atoms with E-state index in [1.54, 1.807) is 0 Å². The minimum absolute atomic E-state index is 1.10. The normalized spacial score (nSPS) is 11.1. The summed E-state index contributed by atoms with van der Waals surface area (Å²) in [6.07, 6.45) is 0. The van der Waals surface area contributed by atoms with Crippen LogP contribution in [0.4, 0.5) is 17.1 Å². The molecule has 240 valence electrons. The third-order valence-electron chi connectivity index (χ3n) is 9.85. The Balaban J connectivity index is 1.16. The van der Waals surface area contributed by atoms with Gasteiger partial charge in [-0.2, -0.15) is 0 Å². The van der Waals surface area contributed by atoms with Crippen LogP contribution in [0.1, 0.15) is 0 Å². The van der Waals surface area contributed by atoms with Gasteiger partial charge in [0.15, 0.2) is 0 Å². The van der Waals surface area contributed by atoms with Crippen molar-refractivity contribution in [1.29, 1.82) is 0 Å². The molecule has 0 radical (unpaired) electrons. The zero-order chi connectivity index (χ0) is 34.0. The molecule has 0 heterocycles. The number of nitrogens with zero attached hydrogens (tertiary/aromatic N) is 1. The van der Waals surface area contributed by atoms with Gasteiger partial charge in [0.05, 0.1) is 0 Å². The molecule has 1 nitrogen and oxygen atoms in total. The van der Waals surface area contributed by atoms with Crippen LogP contribution in [0.2, 0.25) is 0 Å². The maximum atomic E-state index is 2.37. The molecule has 51 heavy (non-hydrogen) atoms. The fourth-order valence-corrected chi connectivity index (χ4v) is 7.29. The van der Waals surface area contributed by atoms with E-state index in [1.165, 1.54) is 66.1 Å². The molecule has 0 atom stereocenters. The van der Waals surface area contributed by atoms with Gasteiger partial charge in [-0.05, 0) is 109 Å². The zero-order valence-electron chi connectivity index (χ0n) is 28.2. The Morgan fingerprint density at radius 3 is 1.49 bits per heavy atom. The highest BCUT2D eigenvalue weighted by molar-refractivity contribution is 6.04. The SMILES string of the molecule is c1ccc(-c2ccc(N(c3ccc(-c4c(-c5ccccc5)ccc5ccccc45)cc3)c3cccc(-c4ccc5ccccc5c4)c3)cc2)cc1. The summed E-state index contributed by atoms with van der Waals surface area (Å²) >= 11 is 0. The summed E-state index contributed by atoms with van der Waals surface area (Å²) < 4.78 is 0. The number of fused-ring (bicyclic) bond motifs is 2. The molecule has 0 aliphatic heterocycles. The summed E-state index contributed by atoms with van der Waals surface area (Å²) in [7, 11) is 0. The summed E-state index contributed by atoms with van der Waals surface area (Å²) in [6, 6.07) is 76.6. The fraction of sp³-hybridized carbons (Fsp3) is 0. The zero-order valence-corrected chi connectivity index (χ0v) is 28.2. The minimum Gasteiger partial charge on any atom is -0.310 e. The van der Waals surface area contributed by atoms with Gasteiger partial charge in [-0.3, -0.25) is 0 Å². The van der Waals surface area contributed by atoms with Crippen molar-refractivity contribution in [1.82, 2.24) is 0 Å². The van der Waals surface area contributed by atoms with Gasteiger partial charge in [0.2, 0.25) is 0 Å². The first-order valence-electron chi connectivity index (χ1n) is 17.5. The summed E-state index contributed by atoms with van der Waals surface area (Å²) in [5, 5.41) is 4.98. The molecule has 9 aromatic rings. The van der Waals surface area contributed by atoms with Crippen molar-refractivity contribution in [3.63, 3.8) is 0 Å². The first kappa shape index (κ1) is 30.4. The lowest BCUT2D eigenvalue weighted by Gasteiger charge is -2.27. The summed E-state index contributed by atoms with van der Waals surface area (Å²) in [5.74, 6) is 0. The molecular formula is C50H35N. The van der Waals surface area contributed by atoms with E-state index in [-0.39, 0.29) is 0 Å². The van der Waals surface area contributed by atoms with Gasteiger partial charge in [0.1, 0.15) is 0 Å². The second-order valence-corrected chi connectivity index (χ2v) is 13.0. The van der Waals surface area contributed by atoms with Crippen molar-refractivity contribution in [3.05, 3.63) is 212 Å². The van der Waals surface area contributed by atoms with E-state index in [2.05, 4.69) is 217 Å². The average Bonchev–Trinajstić information content (AvgIpc) is 3.22. The lowest BCUT2D eigenvalue weighted by molar-refractivity contribution is 1.28. The monoisotopic (exact) mass is 649 g/mol. The minimum atomic E-state index is 1.10. The quantitative estimate of drug-likeness (QED) is 0.166. The molecule has 1 heteroatoms. The predicted molar refractivity (Wildman–Crippen MR) is 218 cm³/mol. The maximum absolute atomic E-state index is 2.37. The van der Waals surface area contributed by atoms with Crippen LogP contribution in [-0.2, 0) is 0 Å². The molecule has 0 bridgehead atoms. The van der Waals surface area contributed by atoms with Crippen molar-refractivity contribution >= 4 is 38.6 Å². The second kappa shape index (κ2) is 13.3. The van der Waals surface area contributed by atoms with E-state index < -0.39 is 0 Å².